The summed E-state index contributed by atoms with van der Waals surface area (Å²) in [5.74, 6) is -0.503. The summed E-state index contributed by atoms with van der Waals surface area (Å²) in [6.45, 7) is 1.26. The maximum absolute atomic E-state index is 10.2. The van der Waals surface area contributed by atoms with Crippen LogP contribution in [-0.2, 0) is 9.53 Å². The quantitative estimate of drug-likeness (QED) is 0.436. The minimum absolute atomic E-state index is 0.182. The highest BCUT2D eigenvalue weighted by Gasteiger charge is 2.54. The highest BCUT2D eigenvalue weighted by atomic mass is 16.5. The standard InChI is InChI=1S/C6H8O3/c7-6(8)5-3-1-9-2-4(3)5/h3-5H,1-2H2,(H,7,8)/p-1/t3-,4+,5?. The third-order valence-corrected chi connectivity index (χ3v) is 2.22. The molecule has 0 aromatic rings. The van der Waals surface area contributed by atoms with Gasteiger partial charge in [-0.15, -0.1) is 0 Å². The smallest absolute Gasteiger partial charge is 0.0504 e. The molecule has 1 aliphatic carbocycles. The van der Waals surface area contributed by atoms with Crippen LogP contribution in [0.25, 0.3) is 0 Å². The van der Waals surface area contributed by atoms with E-state index in [1.807, 2.05) is 0 Å². The molecular formula is C6H7O3-. The van der Waals surface area contributed by atoms with E-state index in [1.165, 1.54) is 0 Å². The molecule has 1 aliphatic heterocycles. The Bertz CT molecular complexity index is 144. The highest BCUT2D eigenvalue weighted by Crippen LogP contribution is 2.50. The van der Waals surface area contributed by atoms with Gasteiger partial charge in [0.15, 0.2) is 0 Å². The van der Waals surface area contributed by atoms with Crippen LogP contribution in [0, 0.1) is 17.8 Å². The van der Waals surface area contributed by atoms with Crippen LogP contribution < -0.4 is 5.11 Å². The second-order valence-corrected chi connectivity index (χ2v) is 2.71. The van der Waals surface area contributed by atoms with Gasteiger partial charge in [-0.2, -0.15) is 0 Å². The van der Waals surface area contributed by atoms with Crippen molar-refractivity contribution in [2.75, 3.05) is 13.2 Å². The first-order chi connectivity index (χ1) is 4.30. The van der Waals surface area contributed by atoms with Gasteiger partial charge in [0.1, 0.15) is 0 Å². The number of carbonyl (C=O) groups is 1. The molecule has 1 heterocycles. The second kappa shape index (κ2) is 1.48. The minimum Gasteiger partial charge on any atom is -0.550 e. The Morgan fingerprint density at radius 2 is 2.00 bits per heavy atom. The third-order valence-electron chi connectivity index (χ3n) is 2.22. The Morgan fingerprint density at radius 3 is 2.33 bits per heavy atom. The summed E-state index contributed by atoms with van der Waals surface area (Å²) in [7, 11) is 0. The van der Waals surface area contributed by atoms with Gasteiger partial charge in [0, 0.05) is 11.9 Å². The SMILES string of the molecule is O=C([O-])C1[C@H]2COC[C@@H]12. The molecule has 2 aliphatic rings. The molecule has 50 valence electrons. The van der Waals surface area contributed by atoms with E-state index in [0.717, 1.165) is 0 Å². The fourth-order valence-electron chi connectivity index (χ4n) is 1.59. The number of rotatable bonds is 1. The van der Waals surface area contributed by atoms with Gasteiger partial charge in [-0.05, 0) is 11.8 Å². The van der Waals surface area contributed by atoms with E-state index >= 15 is 0 Å². The van der Waals surface area contributed by atoms with Gasteiger partial charge in [0.25, 0.3) is 0 Å². The highest BCUT2D eigenvalue weighted by molar-refractivity contribution is 5.72. The molecule has 0 bridgehead atoms. The van der Waals surface area contributed by atoms with Crippen LogP contribution >= 0.6 is 0 Å². The zero-order chi connectivity index (χ0) is 6.43. The first-order valence-electron chi connectivity index (χ1n) is 3.09. The molecule has 0 amide bonds. The van der Waals surface area contributed by atoms with Crippen molar-refractivity contribution in [3.05, 3.63) is 0 Å². The maximum Gasteiger partial charge on any atom is 0.0504 e. The molecule has 1 saturated carbocycles. The van der Waals surface area contributed by atoms with E-state index in [2.05, 4.69) is 0 Å². The molecular weight excluding hydrogens is 120 g/mol. The number of ether oxygens (including phenoxy) is 1. The van der Waals surface area contributed by atoms with Crippen LogP contribution in [-0.4, -0.2) is 19.2 Å². The van der Waals surface area contributed by atoms with Crippen LogP contribution in [0.4, 0.5) is 0 Å². The van der Waals surface area contributed by atoms with Crippen molar-refractivity contribution >= 4 is 5.97 Å². The zero-order valence-electron chi connectivity index (χ0n) is 4.87. The molecule has 3 atom stereocenters. The lowest BCUT2D eigenvalue weighted by molar-refractivity contribution is -0.309. The zero-order valence-corrected chi connectivity index (χ0v) is 4.87. The Labute approximate surface area is 52.6 Å². The Hall–Kier alpha value is -0.570. The number of fused-ring (bicyclic) bond motifs is 1. The lowest BCUT2D eigenvalue weighted by Gasteiger charge is -2.02. The fraction of sp³-hybridized carbons (Fsp3) is 0.833. The third kappa shape index (κ3) is 0.580. The number of aliphatic carboxylic acids is 1. The largest absolute Gasteiger partial charge is 0.550 e. The summed E-state index contributed by atoms with van der Waals surface area (Å²) < 4.78 is 5.00. The molecule has 0 N–H and O–H groups in total. The van der Waals surface area contributed by atoms with Crippen LogP contribution in [0.2, 0.25) is 0 Å². The average Bonchev–Trinajstić information content (AvgIpc) is 2.30. The molecule has 2 rings (SSSR count). The molecule has 3 nitrogen and oxygen atoms in total. The molecule has 2 fully saturated rings. The summed E-state index contributed by atoms with van der Waals surface area (Å²) in [6, 6.07) is 0. The Balaban J connectivity index is 2.02. The Morgan fingerprint density at radius 1 is 1.44 bits per heavy atom. The number of carboxylic acid groups (broad SMARTS) is 1. The van der Waals surface area contributed by atoms with Crippen molar-refractivity contribution in [1.29, 1.82) is 0 Å². The van der Waals surface area contributed by atoms with Crippen LogP contribution in [0.1, 0.15) is 0 Å². The number of carboxylic acids is 1. The molecule has 3 heteroatoms. The fourth-order valence-corrected chi connectivity index (χ4v) is 1.59. The average molecular weight is 127 g/mol. The Kier molecular flexibility index (Phi) is 0.858. The van der Waals surface area contributed by atoms with Gasteiger partial charge in [-0.25, -0.2) is 0 Å². The van der Waals surface area contributed by atoms with E-state index in [4.69, 9.17) is 4.74 Å². The summed E-state index contributed by atoms with van der Waals surface area (Å²) in [5.41, 5.74) is 0. The van der Waals surface area contributed by atoms with E-state index in [1.54, 1.807) is 0 Å². The molecule has 0 radical (unpaired) electrons. The summed E-state index contributed by atoms with van der Waals surface area (Å²) >= 11 is 0. The minimum atomic E-state index is -0.895. The first kappa shape index (κ1) is 5.23. The lowest BCUT2D eigenvalue weighted by atomic mass is 10.3. The number of hydrogen-bond donors (Lipinski definition) is 0. The molecule has 1 unspecified atom stereocenters. The molecule has 0 aromatic carbocycles. The predicted octanol–water partition coefficient (Wildman–Crippen LogP) is -1.37. The normalized spacial score (nSPS) is 46.4. The van der Waals surface area contributed by atoms with Crippen molar-refractivity contribution in [2.45, 2.75) is 0 Å². The predicted molar refractivity (Wildman–Crippen MR) is 26.3 cm³/mol. The number of hydrogen-bond acceptors (Lipinski definition) is 3. The van der Waals surface area contributed by atoms with Crippen molar-refractivity contribution < 1.29 is 14.6 Å². The second-order valence-electron chi connectivity index (χ2n) is 2.71. The van der Waals surface area contributed by atoms with Gasteiger partial charge in [-0.1, -0.05) is 0 Å². The summed E-state index contributed by atoms with van der Waals surface area (Å²) in [6.07, 6.45) is 0. The first-order valence-corrected chi connectivity index (χ1v) is 3.09. The molecule has 9 heavy (non-hydrogen) atoms. The van der Waals surface area contributed by atoms with E-state index in [9.17, 15) is 9.90 Å². The summed E-state index contributed by atoms with van der Waals surface area (Å²) in [4.78, 5) is 10.2. The van der Waals surface area contributed by atoms with Crippen LogP contribution in [0.3, 0.4) is 0 Å². The molecule has 0 spiro atoms. The van der Waals surface area contributed by atoms with Gasteiger partial charge >= 0.3 is 0 Å². The number of carbonyl (C=O) groups excluding carboxylic acids is 1. The maximum atomic E-state index is 10.2. The van der Waals surface area contributed by atoms with Crippen molar-refractivity contribution in [1.82, 2.24) is 0 Å². The summed E-state index contributed by atoms with van der Waals surface area (Å²) in [5, 5.41) is 10.2. The van der Waals surface area contributed by atoms with Gasteiger partial charge in [0.2, 0.25) is 0 Å². The monoisotopic (exact) mass is 127 g/mol. The lowest BCUT2D eigenvalue weighted by Crippen LogP contribution is -2.27. The van der Waals surface area contributed by atoms with E-state index < -0.39 is 5.97 Å². The topological polar surface area (TPSA) is 49.4 Å². The molecule has 1 saturated heterocycles. The molecule has 0 aromatic heterocycles. The van der Waals surface area contributed by atoms with Crippen molar-refractivity contribution in [2.24, 2.45) is 17.8 Å². The van der Waals surface area contributed by atoms with Gasteiger partial charge < -0.3 is 14.6 Å². The van der Waals surface area contributed by atoms with Crippen molar-refractivity contribution in [3.8, 4) is 0 Å². The van der Waals surface area contributed by atoms with Crippen LogP contribution in [0.5, 0.6) is 0 Å². The van der Waals surface area contributed by atoms with Gasteiger partial charge in [-0.3, -0.25) is 0 Å². The van der Waals surface area contributed by atoms with Crippen LogP contribution in [0.15, 0.2) is 0 Å². The van der Waals surface area contributed by atoms with E-state index in [0.29, 0.717) is 13.2 Å². The van der Waals surface area contributed by atoms with Crippen molar-refractivity contribution in [3.63, 3.8) is 0 Å². The van der Waals surface area contributed by atoms with Gasteiger partial charge in [0.05, 0.1) is 13.2 Å². The van der Waals surface area contributed by atoms with E-state index in [-0.39, 0.29) is 17.8 Å².